The molecule has 0 fully saturated rings. The monoisotopic (exact) mass is 318 g/mol. The average Bonchev–Trinajstić information content (AvgIpc) is 2.77. The summed E-state index contributed by atoms with van der Waals surface area (Å²) in [4.78, 5) is 25.6. The lowest BCUT2D eigenvalue weighted by atomic mass is 10.2. The lowest BCUT2D eigenvalue weighted by Crippen LogP contribution is -2.13. The van der Waals surface area contributed by atoms with Crippen molar-refractivity contribution in [3.63, 3.8) is 0 Å². The van der Waals surface area contributed by atoms with Gasteiger partial charge in [0.15, 0.2) is 0 Å². The lowest BCUT2D eigenvalue weighted by molar-refractivity contribution is -0.114. The first-order valence-corrected chi connectivity index (χ1v) is 7.56. The van der Waals surface area contributed by atoms with E-state index in [1.807, 2.05) is 19.9 Å². The first-order chi connectivity index (χ1) is 10.4. The second-order valence-electron chi connectivity index (χ2n) is 4.88. The number of hydrogen-bond acceptors (Lipinski definition) is 4. The van der Waals surface area contributed by atoms with Crippen molar-refractivity contribution in [1.29, 1.82) is 0 Å². The highest BCUT2D eigenvalue weighted by Gasteiger charge is 2.13. The second kappa shape index (κ2) is 6.62. The molecule has 0 radical (unpaired) electrons. The quantitative estimate of drug-likeness (QED) is 0.905. The number of benzene rings is 1. The fraction of sp³-hybridized carbons (Fsp3) is 0.250. The number of hydrogen-bond donors (Lipinski definition) is 2. The molecule has 2 N–H and O–H groups in total. The minimum absolute atomic E-state index is 0.166. The largest absolute Gasteiger partial charge is 0.495 e. The van der Waals surface area contributed by atoms with Gasteiger partial charge in [-0.2, -0.15) is 0 Å². The van der Waals surface area contributed by atoms with Gasteiger partial charge in [-0.3, -0.25) is 9.59 Å². The van der Waals surface area contributed by atoms with Gasteiger partial charge in [0.05, 0.1) is 18.4 Å². The van der Waals surface area contributed by atoms with Crippen molar-refractivity contribution in [3.8, 4) is 5.75 Å². The molecule has 0 saturated heterocycles. The van der Waals surface area contributed by atoms with Crippen LogP contribution in [0.15, 0.2) is 24.3 Å². The van der Waals surface area contributed by atoms with Gasteiger partial charge in [-0.1, -0.05) is 0 Å². The molecule has 116 valence electrons. The van der Waals surface area contributed by atoms with Crippen LogP contribution in [0.1, 0.15) is 27.0 Å². The zero-order chi connectivity index (χ0) is 16.3. The molecular formula is C16H18N2O3S. The predicted octanol–water partition coefficient (Wildman–Crippen LogP) is 3.58. The summed E-state index contributed by atoms with van der Waals surface area (Å²) in [5.74, 6) is 0.169. The molecule has 2 aromatic rings. The van der Waals surface area contributed by atoms with Crippen LogP contribution in [0.5, 0.6) is 5.75 Å². The van der Waals surface area contributed by atoms with Gasteiger partial charge in [0.1, 0.15) is 5.75 Å². The number of methoxy groups -OCH3 is 1. The Kier molecular flexibility index (Phi) is 4.82. The normalized spacial score (nSPS) is 10.2. The topological polar surface area (TPSA) is 67.4 Å². The summed E-state index contributed by atoms with van der Waals surface area (Å²) in [7, 11) is 1.52. The molecule has 0 bridgehead atoms. The average molecular weight is 318 g/mol. The maximum atomic E-state index is 12.3. The van der Waals surface area contributed by atoms with Crippen molar-refractivity contribution < 1.29 is 14.3 Å². The van der Waals surface area contributed by atoms with Crippen LogP contribution >= 0.6 is 11.3 Å². The minimum atomic E-state index is -0.203. The molecule has 0 aliphatic rings. The number of ether oxygens (including phenoxy) is 1. The van der Waals surface area contributed by atoms with Crippen LogP contribution in [0.25, 0.3) is 0 Å². The summed E-state index contributed by atoms with van der Waals surface area (Å²) < 4.78 is 5.19. The smallest absolute Gasteiger partial charge is 0.256 e. The molecule has 6 heteroatoms. The molecule has 0 saturated carbocycles. The minimum Gasteiger partial charge on any atom is -0.495 e. The highest BCUT2D eigenvalue weighted by atomic mass is 32.1. The summed E-state index contributed by atoms with van der Waals surface area (Å²) in [6.45, 7) is 5.31. The van der Waals surface area contributed by atoms with Crippen molar-refractivity contribution in [2.45, 2.75) is 20.8 Å². The number of thiophene rings is 1. The molecule has 22 heavy (non-hydrogen) atoms. The van der Waals surface area contributed by atoms with E-state index in [9.17, 15) is 9.59 Å². The molecule has 0 unspecified atom stereocenters. The molecular weight excluding hydrogens is 300 g/mol. The van der Waals surface area contributed by atoms with Crippen molar-refractivity contribution in [2.24, 2.45) is 0 Å². The summed E-state index contributed by atoms with van der Waals surface area (Å²) >= 11 is 1.59. The van der Waals surface area contributed by atoms with Crippen LogP contribution in [0.3, 0.4) is 0 Å². The molecule has 0 spiro atoms. The summed E-state index contributed by atoms with van der Waals surface area (Å²) in [6.07, 6.45) is 0. The molecule has 2 rings (SSSR count). The highest BCUT2D eigenvalue weighted by molar-refractivity contribution is 7.12. The highest BCUT2D eigenvalue weighted by Crippen LogP contribution is 2.28. The number of amides is 2. The van der Waals surface area contributed by atoms with Crippen LogP contribution in [0.4, 0.5) is 11.4 Å². The number of carbonyl (C=O) groups is 2. The van der Waals surface area contributed by atoms with Crippen LogP contribution in [0, 0.1) is 13.8 Å². The first kappa shape index (κ1) is 16.0. The van der Waals surface area contributed by atoms with E-state index in [1.54, 1.807) is 29.5 Å². The van der Waals surface area contributed by atoms with E-state index in [-0.39, 0.29) is 11.8 Å². The fourth-order valence-corrected chi connectivity index (χ4v) is 3.05. The van der Waals surface area contributed by atoms with Crippen LogP contribution in [0.2, 0.25) is 0 Å². The lowest BCUT2D eigenvalue weighted by Gasteiger charge is -2.12. The number of rotatable bonds is 4. The van der Waals surface area contributed by atoms with Gasteiger partial charge in [-0.05, 0) is 38.1 Å². The third-order valence-corrected chi connectivity index (χ3v) is 4.02. The van der Waals surface area contributed by atoms with Crippen LogP contribution < -0.4 is 15.4 Å². The number of aryl methyl sites for hydroxylation is 2. The maximum absolute atomic E-state index is 12.3. The van der Waals surface area contributed by atoms with E-state index < -0.39 is 0 Å². The maximum Gasteiger partial charge on any atom is 0.256 e. The van der Waals surface area contributed by atoms with E-state index in [1.165, 1.54) is 14.0 Å². The number of carbonyl (C=O) groups excluding carboxylic acids is 2. The molecule has 0 aliphatic heterocycles. The van der Waals surface area contributed by atoms with E-state index in [0.717, 1.165) is 9.75 Å². The van der Waals surface area contributed by atoms with Crippen LogP contribution in [-0.2, 0) is 4.79 Å². The molecule has 0 aliphatic carbocycles. The zero-order valence-corrected chi connectivity index (χ0v) is 13.8. The third kappa shape index (κ3) is 3.65. The number of anilines is 2. The molecule has 5 nitrogen and oxygen atoms in total. The standard InChI is InChI=1S/C16H18N2O3S/c1-9-7-13(10(2)22-9)16(20)18-12-5-6-15(21-4)14(8-12)17-11(3)19/h5-8H,1-4H3,(H,17,19)(H,18,20). The molecule has 1 aromatic heterocycles. The molecule has 2 amide bonds. The predicted molar refractivity (Wildman–Crippen MR) is 89.0 cm³/mol. The van der Waals surface area contributed by atoms with Gasteiger partial charge in [0.2, 0.25) is 5.91 Å². The van der Waals surface area contributed by atoms with Crippen molar-refractivity contribution in [2.75, 3.05) is 17.7 Å². The SMILES string of the molecule is COc1ccc(NC(=O)c2cc(C)sc2C)cc1NC(C)=O. The van der Waals surface area contributed by atoms with Gasteiger partial charge in [-0.15, -0.1) is 11.3 Å². The van der Waals surface area contributed by atoms with E-state index in [4.69, 9.17) is 4.74 Å². The van der Waals surface area contributed by atoms with Gasteiger partial charge >= 0.3 is 0 Å². The Morgan fingerprint density at radius 1 is 1.14 bits per heavy atom. The summed E-state index contributed by atoms with van der Waals surface area (Å²) in [5.41, 5.74) is 1.78. The summed E-state index contributed by atoms with van der Waals surface area (Å²) in [5, 5.41) is 5.52. The Labute approximate surface area is 133 Å². The fourth-order valence-electron chi connectivity index (χ4n) is 2.13. The van der Waals surface area contributed by atoms with Gasteiger partial charge in [0.25, 0.3) is 5.91 Å². The Hall–Kier alpha value is -2.34. The Bertz CT molecular complexity index is 722. The molecule has 1 aromatic carbocycles. The number of nitrogens with one attached hydrogen (secondary N) is 2. The zero-order valence-electron chi connectivity index (χ0n) is 12.9. The molecule has 1 heterocycles. The van der Waals surface area contributed by atoms with Gasteiger partial charge in [0, 0.05) is 22.4 Å². The van der Waals surface area contributed by atoms with E-state index in [2.05, 4.69) is 10.6 Å². The first-order valence-electron chi connectivity index (χ1n) is 6.74. The second-order valence-corrected chi connectivity index (χ2v) is 6.34. The van der Waals surface area contributed by atoms with Gasteiger partial charge < -0.3 is 15.4 Å². The Morgan fingerprint density at radius 2 is 1.86 bits per heavy atom. The van der Waals surface area contributed by atoms with Crippen molar-refractivity contribution >= 4 is 34.5 Å². The van der Waals surface area contributed by atoms with Crippen molar-refractivity contribution in [3.05, 3.63) is 39.6 Å². The van der Waals surface area contributed by atoms with Crippen molar-refractivity contribution in [1.82, 2.24) is 0 Å². The van der Waals surface area contributed by atoms with Crippen LogP contribution in [-0.4, -0.2) is 18.9 Å². The summed E-state index contributed by atoms with van der Waals surface area (Å²) in [6, 6.07) is 6.98. The van der Waals surface area contributed by atoms with Gasteiger partial charge in [-0.25, -0.2) is 0 Å². The Morgan fingerprint density at radius 3 is 2.41 bits per heavy atom. The Balaban J connectivity index is 2.24. The van der Waals surface area contributed by atoms with E-state index in [0.29, 0.717) is 22.7 Å². The van der Waals surface area contributed by atoms with E-state index >= 15 is 0 Å². The third-order valence-electron chi connectivity index (χ3n) is 3.05. The molecule has 0 atom stereocenters.